The Kier molecular flexibility index (Phi) is 5.70. The van der Waals surface area contributed by atoms with Crippen LogP contribution in [0.1, 0.15) is 37.7 Å². The second-order valence-electron chi connectivity index (χ2n) is 9.16. The van der Waals surface area contributed by atoms with E-state index in [2.05, 4.69) is 21.9 Å². The number of carbonyl (C=O) groups excluding carboxylic acids is 1. The average molecular weight is 454 g/mol. The summed E-state index contributed by atoms with van der Waals surface area (Å²) in [6.07, 6.45) is 0. The fourth-order valence-electron chi connectivity index (χ4n) is 4.06. The molecule has 4 radical (unpaired) electrons. The third kappa shape index (κ3) is 3.93. The second kappa shape index (κ2) is 8.15. The summed E-state index contributed by atoms with van der Waals surface area (Å²) in [7, 11) is 13.8. The molecule has 34 heavy (non-hydrogen) atoms. The predicted octanol–water partition coefficient (Wildman–Crippen LogP) is 3.34. The minimum atomic E-state index is -2.23. The topological polar surface area (TPSA) is 67.4 Å². The molecule has 0 aliphatic carbocycles. The molecular weight excluding hydrogens is 429 g/mol. The van der Waals surface area contributed by atoms with Gasteiger partial charge in [-0.15, -0.1) is 0 Å². The van der Waals surface area contributed by atoms with Gasteiger partial charge in [-0.1, -0.05) is 30.2 Å². The van der Waals surface area contributed by atoms with Crippen molar-refractivity contribution in [3.63, 3.8) is 0 Å². The number of hydrogen-bond donors (Lipinski definition) is 1. The van der Waals surface area contributed by atoms with Crippen LogP contribution in [0, 0.1) is 6.92 Å². The van der Waals surface area contributed by atoms with Gasteiger partial charge in [-0.2, -0.15) is 0 Å². The standard InChI is InChI=1S/C25H25B2FN4O2/c1-13(2)25(27,28)17-9-7-8-15(21(17)26)12-29-22-16-10-19-20(11-18(16)30-14(3)31-22)34-24(4,5)23(33)32(19)6/h7-11H,1,12H2,2-6H3,(H,29,30,31). The molecule has 0 saturated carbocycles. The van der Waals surface area contributed by atoms with Gasteiger partial charge in [0.05, 0.1) is 11.2 Å². The monoisotopic (exact) mass is 454 g/mol. The van der Waals surface area contributed by atoms with Gasteiger partial charge in [-0.25, -0.2) is 14.4 Å². The lowest BCUT2D eigenvalue weighted by Crippen LogP contribution is -2.50. The van der Waals surface area contributed by atoms with Crippen molar-refractivity contribution in [1.29, 1.82) is 0 Å². The van der Waals surface area contributed by atoms with E-state index in [0.717, 1.165) is 0 Å². The average Bonchev–Trinajstić information content (AvgIpc) is 2.75. The van der Waals surface area contributed by atoms with Crippen molar-refractivity contribution in [3.05, 3.63) is 59.4 Å². The van der Waals surface area contributed by atoms with Crippen LogP contribution in [-0.4, -0.2) is 44.2 Å². The van der Waals surface area contributed by atoms with Crippen LogP contribution in [0.4, 0.5) is 15.9 Å². The molecule has 3 aromatic rings. The number of anilines is 2. The summed E-state index contributed by atoms with van der Waals surface area (Å²) >= 11 is 0. The molecule has 1 aliphatic rings. The highest BCUT2D eigenvalue weighted by atomic mass is 19.1. The number of aryl methyl sites for hydroxylation is 1. The number of nitrogens with zero attached hydrogens (tertiary/aromatic N) is 3. The highest BCUT2D eigenvalue weighted by molar-refractivity contribution is 6.36. The Hall–Kier alpha value is -3.35. The van der Waals surface area contributed by atoms with Gasteiger partial charge in [-0.05, 0) is 50.5 Å². The molecule has 0 bridgehead atoms. The fourth-order valence-corrected chi connectivity index (χ4v) is 4.06. The van der Waals surface area contributed by atoms with Gasteiger partial charge in [-0.3, -0.25) is 4.79 Å². The zero-order valence-corrected chi connectivity index (χ0v) is 20.0. The Morgan fingerprint density at radius 1 is 1.32 bits per heavy atom. The SMILES string of the molecule is [B]c1c(CNc2nc(C)nc3cc4c(cc23)N(C)C(=O)C(C)(C)O4)cccc1C([B])(F)C(=C)C. The summed E-state index contributed by atoms with van der Waals surface area (Å²) in [5, 5.41) is 3.99. The summed E-state index contributed by atoms with van der Waals surface area (Å²) in [5.74, 6) is 1.53. The summed E-state index contributed by atoms with van der Waals surface area (Å²) in [5.41, 5.74) is -0.682. The summed E-state index contributed by atoms with van der Waals surface area (Å²) in [6, 6.07) is 8.68. The first-order valence-electron chi connectivity index (χ1n) is 10.9. The summed E-state index contributed by atoms with van der Waals surface area (Å²) in [6.45, 7) is 10.7. The molecule has 1 amide bonds. The highest BCUT2D eigenvalue weighted by Gasteiger charge is 2.39. The van der Waals surface area contributed by atoms with E-state index in [1.54, 1.807) is 50.9 Å². The van der Waals surface area contributed by atoms with Crippen molar-refractivity contribution in [2.45, 2.75) is 45.4 Å². The van der Waals surface area contributed by atoms with Gasteiger partial charge >= 0.3 is 0 Å². The van der Waals surface area contributed by atoms with E-state index < -0.39 is 11.2 Å². The number of halogens is 1. The minimum Gasteiger partial charge on any atom is -0.476 e. The van der Waals surface area contributed by atoms with Crippen LogP contribution in [0.2, 0.25) is 0 Å². The van der Waals surface area contributed by atoms with E-state index in [1.165, 1.54) is 6.92 Å². The molecule has 1 N–H and O–H groups in total. The molecule has 1 atom stereocenters. The Morgan fingerprint density at radius 2 is 2.03 bits per heavy atom. The van der Waals surface area contributed by atoms with Crippen LogP contribution in [0.15, 0.2) is 42.5 Å². The van der Waals surface area contributed by atoms with Crippen molar-refractivity contribution in [2.24, 2.45) is 0 Å². The third-order valence-corrected chi connectivity index (χ3v) is 6.09. The molecule has 4 rings (SSSR count). The quantitative estimate of drug-likeness (QED) is 0.474. The maximum atomic E-state index is 15.0. The molecule has 0 saturated heterocycles. The number of ether oxygens (including phenoxy) is 1. The lowest BCUT2D eigenvalue weighted by Gasteiger charge is -2.37. The van der Waals surface area contributed by atoms with Gasteiger partial charge < -0.3 is 15.0 Å². The number of aromatic nitrogens is 2. The maximum absolute atomic E-state index is 15.0. The molecule has 9 heteroatoms. The van der Waals surface area contributed by atoms with Crippen molar-refractivity contribution in [2.75, 3.05) is 17.3 Å². The zero-order chi connectivity index (χ0) is 25.0. The first-order valence-corrected chi connectivity index (χ1v) is 10.9. The van der Waals surface area contributed by atoms with Crippen LogP contribution < -0.4 is 20.4 Å². The van der Waals surface area contributed by atoms with Gasteiger partial charge in [0.15, 0.2) is 5.60 Å². The van der Waals surface area contributed by atoms with Crippen molar-refractivity contribution >= 4 is 49.5 Å². The van der Waals surface area contributed by atoms with E-state index in [4.69, 9.17) is 20.4 Å². The van der Waals surface area contributed by atoms with Crippen LogP contribution in [0.3, 0.4) is 0 Å². The van der Waals surface area contributed by atoms with Crippen molar-refractivity contribution < 1.29 is 13.9 Å². The number of allylic oxidation sites excluding steroid dienone is 1. The number of benzene rings is 2. The molecule has 6 nitrogen and oxygen atoms in total. The number of carbonyl (C=O) groups is 1. The molecular formula is C25H25B2FN4O2. The van der Waals surface area contributed by atoms with E-state index in [9.17, 15) is 4.79 Å². The molecule has 170 valence electrons. The number of rotatable bonds is 5. The molecule has 2 heterocycles. The Bertz CT molecular complexity index is 1340. The lowest BCUT2D eigenvalue weighted by atomic mass is 9.67. The Labute approximate surface area is 201 Å². The van der Waals surface area contributed by atoms with Crippen LogP contribution in [0.25, 0.3) is 10.9 Å². The molecule has 2 aromatic carbocycles. The summed E-state index contributed by atoms with van der Waals surface area (Å²) < 4.78 is 21.0. The largest absolute Gasteiger partial charge is 0.476 e. The normalized spacial score (nSPS) is 16.5. The Morgan fingerprint density at radius 3 is 2.71 bits per heavy atom. The molecule has 0 spiro atoms. The fraction of sp³-hybridized carbons (Fsp3) is 0.320. The van der Waals surface area contributed by atoms with Gasteiger partial charge in [0.1, 0.15) is 38.7 Å². The number of amides is 1. The van der Waals surface area contributed by atoms with E-state index in [1.807, 2.05) is 12.1 Å². The highest BCUT2D eigenvalue weighted by Crippen LogP contribution is 2.40. The van der Waals surface area contributed by atoms with Crippen LogP contribution in [-0.2, 0) is 16.9 Å². The second-order valence-corrected chi connectivity index (χ2v) is 9.16. The Balaban J connectivity index is 1.73. The third-order valence-electron chi connectivity index (χ3n) is 6.09. The summed E-state index contributed by atoms with van der Waals surface area (Å²) in [4.78, 5) is 23.3. The van der Waals surface area contributed by atoms with Gasteiger partial charge in [0.2, 0.25) is 0 Å². The van der Waals surface area contributed by atoms with Gasteiger partial charge in [0.25, 0.3) is 5.91 Å². The minimum absolute atomic E-state index is 0.152. The van der Waals surface area contributed by atoms with E-state index in [-0.39, 0.29) is 29.1 Å². The van der Waals surface area contributed by atoms with Crippen LogP contribution in [0.5, 0.6) is 5.75 Å². The number of fused-ring (bicyclic) bond motifs is 2. The number of likely N-dealkylation sites (N-methyl/N-ethyl adjacent to an activating group) is 1. The van der Waals surface area contributed by atoms with E-state index >= 15 is 4.39 Å². The number of alkyl halides is 1. The molecule has 1 aliphatic heterocycles. The maximum Gasteiger partial charge on any atom is 0.270 e. The molecule has 1 aromatic heterocycles. The molecule has 1 unspecified atom stereocenters. The van der Waals surface area contributed by atoms with Crippen LogP contribution >= 0.6 is 0 Å². The first kappa shape index (κ1) is 23.8. The molecule has 0 fully saturated rings. The number of nitrogens with one attached hydrogen (secondary N) is 1. The van der Waals surface area contributed by atoms with E-state index in [0.29, 0.717) is 39.5 Å². The number of hydrogen-bond acceptors (Lipinski definition) is 5. The van der Waals surface area contributed by atoms with Gasteiger partial charge in [0, 0.05) is 25.0 Å². The smallest absolute Gasteiger partial charge is 0.270 e. The first-order chi connectivity index (χ1) is 15.8. The lowest BCUT2D eigenvalue weighted by molar-refractivity contribution is -0.132. The van der Waals surface area contributed by atoms with Crippen molar-refractivity contribution in [1.82, 2.24) is 9.97 Å². The zero-order valence-electron chi connectivity index (χ0n) is 20.0. The van der Waals surface area contributed by atoms with Crippen molar-refractivity contribution in [3.8, 4) is 5.75 Å². The predicted molar refractivity (Wildman–Crippen MR) is 135 cm³/mol.